The predicted octanol–water partition coefficient (Wildman–Crippen LogP) is 4.42. The Labute approximate surface area is 118 Å². The van der Waals surface area contributed by atoms with Gasteiger partial charge in [-0.3, -0.25) is 0 Å². The molecule has 0 fully saturated rings. The second-order valence-electron chi connectivity index (χ2n) is 7.11. The second kappa shape index (κ2) is 6.32. The molecule has 3 nitrogen and oxygen atoms in total. The molecule has 18 heavy (non-hydrogen) atoms. The number of hydrogen-bond acceptors (Lipinski definition) is 3. The maximum absolute atomic E-state index is 5.98. The molecule has 0 aliphatic carbocycles. The third kappa shape index (κ3) is 2.99. The van der Waals surface area contributed by atoms with E-state index < -0.39 is 24.7 Å². The summed E-state index contributed by atoms with van der Waals surface area (Å²) in [5, 5.41) is 0. The van der Waals surface area contributed by atoms with Crippen LogP contribution in [0.4, 0.5) is 0 Å². The van der Waals surface area contributed by atoms with Crippen molar-refractivity contribution >= 4 is 24.7 Å². The van der Waals surface area contributed by atoms with Crippen molar-refractivity contribution in [1.29, 1.82) is 0 Å². The minimum Gasteiger partial charge on any atom is -0.398 e. The highest BCUT2D eigenvalue weighted by atomic mass is 28.5. The van der Waals surface area contributed by atoms with Gasteiger partial charge in [0.2, 0.25) is 0 Å². The van der Waals surface area contributed by atoms with Gasteiger partial charge < -0.3 is 15.0 Å². The summed E-state index contributed by atoms with van der Waals surface area (Å²) in [6.45, 7) is 19.5. The van der Waals surface area contributed by atoms with Crippen molar-refractivity contribution in [3.05, 3.63) is 0 Å². The Morgan fingerprint density at radius 3 is 1.11 bits per heavy atom. The first-order valence-electron chi connectivity index (χ1n) is 6.54. The van der Waals surface area contributed by atoms with Crippen molar-refractivity contribution in [2.24, 2.45) is 0 Å². The van der Waals surface area contributed by atoms with Gasteiger partial charge in [0, 0.05) is 18.5 Å². The lowest BCUT2D eigenvalue weighted by molar-refractivity contribution is 0.236. The molecule has 3 N–H and O–H groups in total. The fourth-order valence-electron chi connectivity index (χ4n) is 4.30. The van der Waals surface area contributed by atoms with Crippen molar-refractivity contribution in [3.63, 3.8) is 0 Å². The van der Waals surface area contributed by atoms with Crippen LogP contribution in [-0.2, 0) is 8.85 Å². The molecular weight excluding hydrogens is 274 g/mol. The van der Waals surface area contributed by atoms with Crippen LogP contribution in [0.15, 0.2) is 0 Å². The Hall–Kier alpha value is 0.531. The summed E-state index contributed by atoms with van der Waals surface area (Å²) in [4.78, 5) is 0. The first-order chi connectivity index (χ1) is 7.43. The van der Waals surface area contributed by atoms with E-state index in [9.17, 15) is 0 Å². The zero-order valence-corrected chi connectivity index (χ0v) is 17.2. The van der Waals surface area contributed by atoms with E-state index in [1.807, 2.05) is 14.2 Å². The minimum atomic E-state index is -2.12. The fourth-order valence-corrected chi connectivity index (χ4v) is 29.1. The van der Waals surface area contributed by atoms with Crippen molar-refractivity contribution in [2.45, 2.75) is 63.5 Å². The average Bonchev–Trinajstić information content (AvgIpc) is 2.14. The van der Waals surface area contributed by atoms with Crippen LogP contribution in [0.2, 0.25) is 50.1 Å². The van der Waals surface area contributed by atoms with E-state index in [2.05, 4.69) is 52.8 Å². The zero-order chi connectivity index (χ0) is 14.1. The van der Waals surface area contributed by atoms with E-state index in [1.54, 1.807) is 0 Å². The second-order valence-corrected chi connectivity index (χ2v) is 22.9. The minimum absolute atomic E-state index is 0. The largest absolute Gasteiger partial charge is 0.398 e. The fraction of sp³-hybridized carbons (Fsp3) is 1.00. The normalized spacial score (nSPS) is 14.3. The third-order valence-electron chi connectivity index (χ3n) is 4.65. The van der Waals surface area contributed by atoms with Gasteiger partial charge in [0.1, 0.15) is 0 Å². The lowest BCUT2D eigenvalue weighted by Crippen LogP contribution is -2.69. The van der Waals surface area contributed by atoms with E-state index in [-0.39, 0.29) is 6.15 Å². The lowest BCUT2D eigenvalue weighted by Gasteiger charge is -2.57. The van der Waals surface area contributed by atoms with Crippen LogP contribution in [0.1, 0.15) is 13.3 Å². The van der Waals surface area contributed by atoms with E-state index in [4.69, 9.17) is 8.85 Å². The van der Waals surface area contributed by atoms with Crippen molar-refractivity contribution in [2.75, 3.05) is 14.2 Å². The Balaban J connectivity index is 0. The summed E-state index contributed by atoms with van der Waals surface area (Å²) < 4.78 is 12.3. The van der Waals surface area contributed by atoms with Gasteiger partial charge in [-0.1, -0.05) is 52.6 Å². The molecule has 0 heterocycles. The third-order valence-corrected chi connectivity index (χ3v) is 25.7. The molecule has 0 amide bonds. The van der Waals surface area contributed by atoms with Crippen LogP contribution in [-0.4, -0.2) is 38.9 Å². The number of hydrogen-bond donors (Lipinski definition) is 1. The van der Waals surface area contributed by atoms with Crippen LogP contribution in [0.3, 0.4) is 0 Å². The van der Waals surface area contributed by atoms with Gasteiger partial charge in [0.15, 0.2) is 0 Å². The molecule has 0 aliphatic heterocycles. The number of rotatable bonds is 6. The molecule has 0 atom stereocenters. The highest BCUT2D eigenvalue weighted by Crippen LogP contribution is 2.56. The van der Waals surface area contributed by atoms with E-state index in [0.717, 1.165) is 0 Å². The van der Waals surface area contributed by atoms with Crippen LogP contribution in [0.25, 0.3) is 0 Å². The molecule has 112 valence electrons. The molecule has 0 aromatic carbocycles. The highest BCUT2D eigenvalue weighted by molar-refractivity contribution is 7.12. The van der Waals surface area contributed by atoms with Crippen molar-refractivity contribution in [1.82, 2.24) is 6.15 Å². The summed E-state index contributed by atoms with van der Waals surface area (Å²) in [6.07, 6.45) is 1.20. The molecule has 0 aromatic rings. The first kappa shape index (κ1) is 20.8. The Bertz CT molecular complexity index is 241. The van der Waals surface area contributed by atoms with E-state index in [1.165, 1.54) is 6.42 Å². The van der Waals surface area contributed by atoms with Crippen LogP contribution in [0.5, 0.6) is 0 Å². The van der Waals surface area contributed by atoms with Crippen molar-refractivity contribution < 1.29 is 8.85 Å². The van der Waals surface area contributed by atoms with Crippen LogP contribution >= 0.6 is 0 Å². The molecular formula is C12H35NO2Si3. The first-order valence-corrected chi connectivity index (χ1v) is 15.9. The summed E-state index contributed by atoms with van der Waals surface area (Å²) in [5.74, 6) is 0. The zero-order valence-electron chi connectivity index (χ0n) is 14.2. The standard InChI is InChI=1S/C12H32O2Si3.H3N/c1-11-12(15(4,5)6,16(7,8)9)17(10,13-2)14-3;/h11H2,1-10H3;1H3. The van der Waals surface area contributed by atoms with Gasteiger partial charge in [-0.25, -0.2) is 0 Å². The van der Waals surface area contributed by atoms with Crippen LogP contribution < -0.4 is 6.15 Å². The highest BCUT2D eigenvalue weighted by Gasteiger charge is 2.65. The summed E-state index contributed by atoms with van der Waals surface area (Å²) in [6, 6.07) is 0. The summed E-state index contributed by atoms with van der Waals surface area (Å²) in [5.41, 5.74) is 0. The predicted molar refractivity (Wildman–Crippen MR) is 90.3 cm³/mol. The lowest BCUT2D eigenvalue weighted by atomic mass is 10.5. The maximum atomic E-state index is 5.98. The van der Waals surface area contributed by atoms with Gasteiger partial charge in [-0.2, -0.15) is 0 Å². The Morgan fingerprint density at radius 1 is 0.778 bits per heavy atom. The van der Waals surface area contributed by atoms with E-state index in [0.29, 0.717) is 4.28 Å². The smallest absolute Gasteiger partial charge is 0.335 e. The average molecular weight is 310 g/mol. The summed E-state index contributed by atoms with van der Waals surface area (Å²) >= 11 is 0. The SMILES string of the molecule is CCC([Si](C)(C)C)([Si](C)(C)C)[Si](C)(OC)OC.N. The van der Waals surface area contributed by atoms with Gasteiger partial charge in [-0.05, 0) is 6.55 Å². The van der Waals surface area contributed by atoms with Gasteiger partial charge in [0.25, 0.3) is 0 Å². The molecule has 0 radical (unpaired) electrons. The van der Waals surface area contributed by atoms with Crippen LogP contribution in [0, 0.1) is 0 Å². The monoisotopic (exact) mass is 309 g/mol. The summed E-state index contributed by atoms with van der Waals surface area (Å²) in [7, 11) is -1.18. The van der Waals surface area contributed by atoms with Gasteiger partial charge in [0.05, 0.1) is 16.1 Å². The quantitative estimate of drug-likeness (QED) is 0.739. The Morgan fingerprint density at radius 2 is 1.06 bits per heavy atom. The van der Waals surface area contributed by atoms with Gasteiger partial charge >= 0.3 is 8.56 Å². The molecule has 0 bridgehead atoms. The molecule has 6 heteroatoms. The van der Waals surface area contributed by atoms with Crippen molar-refractivity contribution in [3.8, 4) is 0 Å². The van der Waals surface area contributed by atoms with E-state index >= 15 is 0 Å². The topological polar surface area (TPSA) is 53.5 Å². The molecule has 0 spiro atoms. The molecule has 0 unspecified atom stereocenters. The maximum Gasteiger partial charge on any atom is 0.335 e. The van der Waals surface area contributed by atoms with Gasteiger partial charge in [-0.15, -0.1) is 0 Å². The molecule has 0 saturated carbocycles. The molecule has 0 aromatic heterocycles. The molecule has 0 saturated heterocycles. The molecule has 0 rings (SSSR count). The molecule has 0 aliphatic rings. The Kier molecular flexibility index (Phi) is 7.32.